The maximum Gasteiger partial charge on any atom is 0.168 e. The summed E-state index contributed by atoms with van der Waals surface area (Å²) in [6, 6.07) is 1.82. The molecular weight excluding hydrogens is 330 g/mol. The number of hydrogen-bond acceptors (Lipinski definition) is 4. The molecule has 0 amide bonds. The van der Waals surface area contributed by atoms with E-state index in [1.165, 1.54) is 0 Å². The maximum atomic E-state index is 5.91. The normalized spacial score (nSPS) is 10.8. The number of rotatable bonds is 4. The lowest BCUT2D eigenvalue weighted by atomic mass is 10.2. The topological polar surface area (TPSA) is 47.9 Å². The van der Waals surface area contributed by atoms with Crippen LogP contribution >= 0.6 is 27.5 Å². The van der Waals surface area contributed by atoms with E-state index in [-0.39, 0.29) is 11.8 Å². The minimum atomic E-state index is 0.253. The molecular formula is C13H13BrClN3O. The fourth-order valence-electron chi connectivity index (χ4n) is 1.46. The van der Waals surface area contributed by atoms with Gasteiger partial charge in [-0.3, -0.25) is 4.98 Å². The fourth-order valence-corrected chi connectivity index (χ4v) is 1.99. The van der Waals surface area contributed by atoms with Crippen molar-refractivity contribution in [3.8, 4) is 11.5 Å². The van der Waals surface area contributed by atoms with E-state index in [0.29, 0.717) is 17.2 Å². The second-order valence-electron chi connectivity index (χ2n) is 4.27. The molecule has 4 nitrogen and oxygen atoms in total. The summed E-state index contributed by atoms with van der Waals surface area (Å²) in [5.41, 5.74) is 0.681. The lowest BCUT2D eigenvalue weighted by Gasteiger charge is -2.11. The average Bonchev–Trinajstić information content (AvgIpc) is 2.39. The fraction of sp³-hybridized carbons (Fsp3) is 0.308. The second kappa shape index (κ2) is 6.30. The Hall–Kier alpha value is -1.20. The molecule has 100 valence electrons. The van der Waals surface area contributed by atoms with Crippen LogP contribution in [0.4, 0.5) is 0 Å². The molecule has 0 aliphatic carbocycles. The number of halogens is 2. The summed E-state index contributed by atoms with van der Waals surface area (Å²) in [4.78, 5) is 12.7. The van der Waals surface area contributed by atoms with Crippen molar-refractivity contribution in [2.45, 2.75) is 25.6 Å². The van der Waals surface area contributed by atoms with Crippen molar-refractivity contribution >= 4 is 27.5 Å². The molecule has 0 atom stereocenters. The smallest absolute Gasteiger partial charge is 0.168 e. The third-order valence-corrected chi connectivity index (χ3v) is 3.09. The Morgan fingerprint density at radius 2 is 2.11 bits per heavy atom. The van der Waals surface area contributed by atoms with E-state index in [4.69, 9.17) is 16.3 Å². The van der Waals surface area contributed by atoms with Crippen LogP contribution in [0.1, 0.15) is 31.3 Å². The van der Waals surface area contributed by atoms with Crippen molar-refractivity contribution in [3.05, 3.63) is 40.6 Å². The van der Waals surface area contributed by atoms with Gasteiger partial charge in [0.1, 0.15) is 17.3 Å². The van der Waals surface area contributed by atoms with E-state index in [1.807, 2.05) is 19.9 Å². The van der Waals surface area contributed by atoms with Crippen LogP contribution in [-0.2, 0) is 5.88 Å². The molecule has 0 unspecified atom stereocenters. The molecule has 6 heteroatoms. The van der Waals surface area contributed by atoms with E-state index in [0.717, 1.165) is 10.3 Å². The number of pyridine rings is 1. The standard InChI is InChI=1S/C13H13BrClN3O/c1-8(2)13-17-7-12(11(4-15)18-13)19-10-3-9(14)5-16-6-10/h3,5-8H,4H2,1-2H3. The predicted octanol–water partition coefficient (Wildman–Crippen LogP) is 4.29. The molecule has 0 saturated heterocycles. The van der Waals surface area contributed by atoms with Crippen LogP contribution in [-0.4, -0.2) is 15.0 Å². The molecule has 19 heavy (non-hydrogen) atoms. The zero-order valence-corrected chi connectivity index (χ0v) is 12.9. The van der Waals surface area contributed by atoms with Gasteiger partial charge >= 0.3 is 0 Å². The Kier molecular flexibility index (Phi) is 4.71. The van der Waals surface area contributed by atoms with Crippen molar-refractivity contribution in [2.24, 2.45) is 0 Å². The van der Waals surface area contributed by atoms with Gasteiger partial charge in [0.15, 0.2) is 5.75 Å². The molecule has 0 radical (unpaired) electrons. The van der Waals surface area contributed by atoms with Crippen LogP contribution in [0.2, 0.25) is 0 Å². The third kappa shape index (κ3) is 3.64. The van der Waals surface area contributed by atoms with Crippen LogP contribution < -0.4 is 4.74 Å². The van der Waals surface area contributed by atoms with Crippen molar-refractivity contribution < 1.29 is 4.74 Å². The lowest BCUT2D eigenvalue weighted by molar-refractivity contribution is 0.467. The minimum absolute atomic E-state index is 0.253. The Bertz CT molecular complexity index is 578. The monoisotopic (exact) mass is 341 g/mol. The summed E-state index contributed by atoms with van der Waals surface area (Å²) in [5.74, 6) is 2.46. The zero-order chi connectivity index (χ0) is 13.8. The van der Waals surface area contributed by atoms with Crippen LogP contribution in [0.25, 0.3) is 0 Å². The summed E-state index contributed by atoms with van der Waals surface area (Å²) in [6.07, 6.45) is 4.97. The van der Waals surface area contributed by atoms with Crippen molar-refractivity contribution in [2.75, 3.05) is 0 Å². The van der Waals surface area contributed by atoms with Gasteiger partial charge in [0, 0.05) is 16.6 Å². The highest BCUT2D eigenvalue weighted by molar-refractivity contribution is 9.10. The average molecular weight is 343 g/mol. The van der Waals surface area contributed by atoms with E-state index in [2.05, 4.69) is 30.9 Å². The highest BCUT2D eigenvalue weighted by atomic mass is 79.9. The summed E-state index contributed by atoms with van der Waals surface area (Å²) in [5, 5.41) is 0. The zero-order valence-electron chi connectivity index (χ0n) is 10.6. The first kappa shape index (κ1) is 14.2. The molecule has 0 fully saturated rings. The van der Waals surface area contributed by atoms with E-state index in [1.54, 1.807) is 18.6 Å². The van der Waals surface area contributed by atoms with Gasteiger partial charge in [-0.25, -0.2) is 9.97 Å². The summed E-state index contributed by atoms with van der Waals surface area (Å²) < 4.78 is 6.56. The molecule has 0 aromatic carbocycles. The van der Waals surface area contributed by atoms with Crippen LogP contribution in [0.15, 0.2) is 29.1 Å². The van der Waals surface area contributed by atoms with Crippen LogP contribution in [0.3, 0.4) is 0 Å². The molecule has 2 aromatic rings. The molecule has 2 rings (SSSR count). The molecule has 0 aliphatic rings. The SMILES string of the molecule is CC(C)c1ncc(Oc2cncc(Br)c2)c(CCl)n1. The first-order chi connectivity index (χ1) is 9.10. The van der Waals surface area contributed by atoms with Gasteiger partial charge < -0.3 is 4.74 Å². The molecule has 0 spiro atoms. The van der Waals surface area contributed by atoms with Gasteiger partial charge in [0.25, 0.3) is 0 Å². The molecule has 2 heterocycles. The second-order valence-corrected chi connectivity index (χ2v) is 5.45. The van der Waals surface area contributed by atoms with E-state index in [9.17, 15) is 0 Å². The van der Waals surface area contributed by atoms with E-state index >= 15 is 0 Å². The van der Waals surface area contributed by atoms with Gasteiger partial charge in [-0.05, 0) is 22.0 Å². The highest BCUT2D eigenvalue weighted by Crippen LogP contribution is 2.26. The molecule has 2 aromatic heterocycles. The summed E-state index contributed by atoms with van der Waals surface area (Å²) in [6.45, 7) is 4.07. The third-order valence-electron chi connectivity index (χ3n) is 2.40. The van der Waals surface area contributed by atoms with Crippen LogP contribution in [0.5, 0.6) is 11.5 Å². The summed E-state index contributed by atoms with van der Waals surface area (Å²) >= 11 is 9.25. The Morgan fingerprint density at radius 3 is 2.74 bits per heavy atom. The highest BCUT2D eigenvalue weighted by Gasteiger charge is 2.11. The number of alkyl halides is 1. The van der Waals surface area contributed by atoms with Gasteiger partial charge in [-0.2, -0.15) is 0 Å². The van der Waals surface area contributed by atoms with Crippen LogP contribution in [0, 0.1) is 0 Å². The Balaban J connectivity index is 2.29. The van der Waals surface area contributed by atoms with Crippen molar-refractivity contribution in [1.82, 2.24) is 15.0 Å². The number of nitrogens with zero attached hydrogens (tertiary/aromatic N) is 3. The summed E-state index contributed by atoms with van der Waals surface area (Å²) in [7, 11) is 0. The Labute approximate surface area is 125 Å². The van der Waals surface area contributed by atoms with Gasteiger partial charge in [0.05, 0.1) is 18.3 Å². The quantitative estimate of drug-likeness (QED) is 0.778. The molecule has 0 saturated carbocycles. The minimum Gasteiger partial charge on any atom is -0.452 e. The predicted molar refractivity (Wildman–Crippen MR) is 77.7 cm³/mol. The lowest BCUT2D eigenvalue weighted by Crippen LogP contribution is -2.02. The van der Waals surface area contributed by atoms with Gasteiger partial charge in [-0.1, -0.05) is 13.8 Å². The van der Waals surface area contributed by atoms with E-state index < -0.39 is 0 Å². The number of aromatic nitrogens is 3. The largest absolute Gasteiger partial charge is 0.452 e. The molecule has 0 aliphatic heterocycles. The maximum absolute atomic E-state index is 5.91. The molecule has 0 N–H and O–H groups in total. The van der Waals surface area contributed by atoms with Crippen molar-refractivity contribution in [3.63, 3.8) is 0 Å². The molecule has 0 bridgehead atoms. The van der Waals surface area contributed by atoms with Gasteiger partial charge in [0.2, 0.25) is 0 Å². The van der Waals surface area contributed by atoms with Crippen molar-refractivity contribution in [1.29, 1.82) is 0 Å². The van der Waals surface area contributed by atoms with Gasteiger partial charge in [-0.15, -0.1) is 11.6 Å². The number of hydrogen-bond donors (Lipinski definition) is 0. The number of ether oxygens (including phenoxy) is 1. The first-order valence-corrected chi connectivity index (χ1v) is 7.13. The first-order valence-electron chi connectivity index (χ1n) is 5.80. The Morgan fingerprint density at radius 1 is 1.32 bits per heavy atom.